The molecule has 2 aromatic carbocycles. The minimum Gasteiger partial charge on any atom is -0.495 e. The van der Waals surface area contributed by atoms with Gasteiger partial charge in [0, 0.05) is 12.2 Å². The summed E-state index contributed by atoms with van der Waals surface area (Å²) in [6.07, 6.45) is 1.54. The number of fused-ring (bicyclic) bond motifs is 1. The van der Waals surface area contributed by atoms with Gasteiger partial charge in [-0.3, -0.25) is 18.7 Å². The van der Waals surface area contributed by atoms with Crippen LogP contribution in [0.2, 0.25) is 5.02 Å². The van der Waals surface area contributed by atoms with Crippen LogP contribution in [-0.4, -0.2) is 22.2 Å². The Hall–Kier alpha value is -3.06. The maximum absolute atomic E-state index is 12.9. The smallest absolute Gasteiger partial charge is 0.331 e. The van der Waals surface area contributed by atoms with Crippen molar-refractivity contribution in [2.24, 2.45) is 0 Å². The lowest BCUT2D eigenvalue weighted by Crippen LogP contribution is -2.41. The topological polar surface area (TPSA) is 82.3 Å². The number of nitrogens with one attached hydrogen (secondary N) is 1. The SMILES string of the molecule is CCCCn1c(=O)c2ccccc2n(CC(=O)Nc2ccc(OC)c(Cl)c2)c1=O. The number of halogens is 1. The molecule has 1 heterocycles. The number of benzene rings is 2. The molecule has 0 unspecified atom stereocenters. The second kappa shape index (κ2) is 8.96. The second-order valence-corrected chi connectivity index (χ2v) is 7.00. The lowest BCUT2D eigenvalue weighted by atomic mass is 10.2. The fourth-order valence-corrected chi connectivity index (χ4v) is 3.38. The first kappa shape index (κ1) is 20.7. The molecule has 1 aromatic heterocycles. The van der Waals surface area contributed by atoms with Crippen LogP contribution in [0.3, 0.4) is 0 Å². The largest absolute Gasteiger partial charge is 0.495 e. The van der Waals surface area contributed by atoms with Crippen molar-refractivity contribution >= 4 is 34.1 Å². The predicted molar refractivity (Wildman–Crippen MR) is 114 cm³/mol. The monoisotopic (exact) mass is 415 g/mol. The van der Waals surface area contributed by atoms with Crippen molar-refractivity contribution in [3.63, 3.8) is 0 Å². The van der Waals surface area contributed by atoms with Crippen LogP contribution in [0.5, 0.6) is 5.75 Å². The van der Waals surface area contributed by atoms with Crippen molar-refractivity contribution in [1.29, 1.82) is 0 Å². The second-order valence-electron chi connectivity index (χ2n) is 6.59. The average Bonchev–Trinajstić information content (AvgIpc) is 2.71. The van der Waals surface area contributed by atoms with Crippen LogP contribution >= 0.6 is 11.6 Å². The number of carbonyl (C=O) groups is 1. The molecule has 3 aromatic rings. The Labute approximate surface area is 172 Å². The molecule has 1 amide bonds. The number of unbranched alkanes of at least 4 members (excludes halogenated alkanes) is 1. The van der Waals surface area contributed by atoms with E-state index in [4.69, 9.17) is 16.3 Å². The Kier molecular flexibility index (Phi) is 6.39. The summed E-state index contributed by atoms with van der Waals surface area (Å²) in [6, 6.07) is 11.7. The average molecular weight is 416 g/mol. The van der Waals surface area contributed by atoms with Gasteiger partial charge in [0.25, 0.3) is 5.56 Å². The van der Waals surface area contributed by atoms with Gasteiger partial charge in [0.15, 0.2) is 0 Å². The van der Waals surface area contributed by atoms with E-state index >= 15 is 0 Å². The highest BCUT2D eigenvalue weighted by Crippen LogP contribution is 2.27. The number of para-hydroxylation sites is 1. The van der Waals surface area contributed by atoms with Crippen LogP contribution < -0.4 is 21.3 Å². The number of ether oxygens (including phenoxy) is 1. The molecule has 0 spiro atoms. The van der Waals surface area contributed by atoms with Crippen LogP contribution in [0.15, 0.2) is 52.1 Å². The van der Waals surface area contributed by atoms with E-state index in [1.165, 1.54) is 16.2 Å². The Balaban J connectivity index is 1.96. The van der Waals surface area contributed by atoms with E-state index in [0.29, 0.717) is 40.3 Å². The Morgan fingerprint density at radius 2 is 1.90 bits per heavy atom. The molecule has 7 nitrogen and oxygen atoms in total. The summed E-state index contributed by atoms with van der Waals surface area (Å²) in [6.45, 7) is 2.07. The van der Waals surface area contributed by atoms with Crippen molar-refractivity contribution < 1.29 is 9.53 Å². The molecule has 1 N–H and O–H groups in total. The highest BCUT2D eigenvalue weighted by Gasteiger charge is 2.15. The third-order valence-corrected chi connectivity index (χ3v) is 4.90. The zero-order valence-corrected chi connectivity index (χ0v) is 17.0. The number of carbonyl (C=O) groups excluding carboxylic acids is 1. The van der Waals surface area contributed by atoms with Crippen LogP contribution in [0.25, 0.3) is 10.9 Å². The van der Waals surface area contributed by atoms with E-state index < -0.39 is 11.6 Å². The number of amides is 1. The van der Waals surface area contributed by atoms with Crippen LogP contribution in [-0.2, 0) is 17.9 Å². The molecule has 0 aliphatic rings. The zero-order valence-electron chi connectivity index (χ0n) is 16.3. The molecule has 0 saturated heterocycles. The van der Waals surface area contributed by atoms with Crippen LogP contribution in [0.1, 0.15) is 19.8 Å². The van der Waals surface area contributed by atoms with E-state index in [1.54, 1.807) is 42.5 Å². The molecule has 0 atom stereocenters. The van der Waals surface area contributed by atoms with Crippen molar-refractivity contribution in [3.05, 3.63) is 68.3 Å². The van der Waals surface area contributed by atoms with Crippen LogP contribution in [0, 0.1) is 0 Å². The summed E-state index contributed by atoms with van der Waals surface area (Å²) in [5.41, 5.74) is 0.0818. The molecular weight excluding hydrogens is 394 g/mol. The highest BCUT2D eigenvalue weighted by atomic mass is 35.5. The van der Waals surface area contributed by atoms with Gasteiger partial charge in [0.2, 0.25) is 5.91 Å². The number of rotatable bonds is 7. The lowest BCUT2D eigenvalue weighted by molar-refractivity contribution is -0.116. The number of nitrogens with zero attached hydrogens (tertiary/aromatic N) is 2. The van der Waals surface area contributed by atoms with Gasteiger partial charge in [0.05, 0.1) is 23.0 Å². The molecule has 29 heavy (non-hydrogen) atoms. The lowest BCUT2D eigenvalue weighted by Gasteiger charge is -2.14. The fraction of sp³-hybridized carbons (Fsp3) is 0.286. The number of hydrogen-bond acceptors (Lipinski definition) is 4. The van der Waals surface area contributed by atoms with Gasteiger partial charge in [-0.15, -0.1) is 0 Å². The summed E-state index contributed by atoms with van der Waals surface area (Å²) in [5, 5.41) is 3.49. The van der Waals surface area contributed by atoms with E-state index in [-0.39, 0.29) is 12.1 Å². The molecule has 8 heteroatoms. The maximum atomic E-state index is 12.9. The predicted octanol–water partition coefficient (Wildman–Crippen LogP) is 3.26. The third kappa shape index (κ3) is 4.35. The fourth-order valence-electron chi connectivity index (χ4n) is 3.13. The van der Waals surface area contributed by atoms with Crippen molar-refractivity contribution in [2.45, 2.75) is 32.9 Å². The normalized spacial score (nSPS) is 10.9. The molecule has 0 radical (unpaired) electrons. The minimum atomic E-state index is -0.495. The minimum absolute atomic E-state index is 0.227. The quantitative estimate of drug-likeness (QED) is 0.642. The number of hydrogen-bond donors (Lipinski definition) is 1. The number of anilines is 1. The van der Waals surface area contributed by atoms with Gasteiger partial charge in [-0.05, 0) is 36.8 Å². The standard InChI is InChI=1S/C21H22ClN3O4/c1-3-4-11-24-20(27)15-7-5-6-8-17(15)25(21(24)28)13-19(26)23-14-9-10-18(29-2)16(22)12-14/h5-10,12H,3-4,11,13H2,1-2H3,(H,23,26). The molecule has 0 bridgehead atoms. The molecular formula is C21H22ClN3O4. The molecule has 0 saturated carbocycles. The van der Waals surface area contributed by atoms with Crippen molar-refractivity contribution in [2.75, 3.05) is 12.4 Å². The molecule has 0 aliphatic carbocycles. The Bertz CT molecular complexity index is 1170. The first-order valence-electron chi connectivity index (χ1n) is 9.32. The maximum Gasteiger partial charge on any atom is 0.331 e. The third-order valence-electron chi connectivity index (χ3n) is 4.60. The molecule has 0 aliphatic heterocycles. The van der Waals surface area contributed by atoms with Gasteiger partial charge in [-0.25, -0.2) is 4.79 Å². The summed E-state index contributed by atoms with van der Waals surface area (Å²) in [4.78, 5) is 38.3. The number of methoxy groups -OCH3 is 1. The summed E-state index contributed by atoms with van der Waals surface area (Å²) in [7, 11) is 1.50. The Morgan fingerprint density at radius 3 is 2.59 bits per heavy atom. The van der Waals surface area contributed by atoms with E-state index in [1.807, 2.05) is 6.92 Å². The van der Waals surface area contributed by atoms with E-state index in [0.717, 1.165) is 6.42 Å². The van der Waals surface area contributed by atoms with Crippen molar-refractivity contribution in [1.82, 2.24) is 9.13 Å². The first-order valence-corrected chi connectivity index (χ1v) is 9.69. The first-order chi connectivity index (χ1) is 14.0. The molecule has 3 rings (SSSR count). The highest BCUT2D eigenvalue weighted by molar-refractivity contribution is 6.32. The van der Waals surface area contributed by atoms with Gasteiger partial charge in [-0.2, -0.15) is 0 Å². The van der Waals surface area contributed by atoms with Crippen molar-refractivity contribution in [3.8, 4) is 5.75 Å². The zero-order chi connectivity index (χ0) is 21.0. The summed E-state index contributed by atoms with van der Waals surface area (Å²) < 4.78 is 7.62. The van der Waals surface area contributed by atoms with Crippen LogP contribution in [0.4, 0.5) is 5.69 Å². The van der Waals surface area contributed by atoms with Gasteiger partial charge >= 0.3 is 5.69 Å². The number of aromatic nitrogens is 2. The Morgan fingerprint density at radius 1 is 1.14 bits per heavy atom. The van der Waals surface area contributed by atoms with Gasteiger partial charge in [0.1, 0.15) is 12.3 Å². The molecule has 0 fully saturated rings. The molecule has 152 valence electrons. The van der Waals surface area contributed by atoms with E-state index in [9.17, 15) is 14.4 Å². The summed E-state index contributed by atoms with van der Waals surface area (Å²) >= 11 is 6.09. The van der Waals surface area contributed by atoms with E-state index in [2.05, 4.69) is 5.32 Å². The van der Waals surface area contributed by atoms with Gasteiger partial charge < -0.3 is 10.1 Å². The summed E-state index contributed by atoms with van der Waals surface area (Å²) in [5.74, 6) is 0.0917. The van der Waals surface area contributed by atoms with Gasteiger partial charge in [-0.1, -0.05) is 37.1 Å².